The molecule has 2 nitrogen and oxygen atoms in total. The molecule has 2 aromatic rings. The molecule has 0 saturated carbocycles. The van der Waals surface area contributed by atoms with Gasteiger partial charge in [-0.05, 0) is 35.9 Å². The van der Waals surface area contributed by atoms with Crippen molar-refractivity contribution in [3.05, 3.63) is 63.1 Å². The van der Waals surface area contributed by atoms with Crippen molar-refractivity contribution in [3.8, 4) is 0 Å². The van der Waals surface area contributed by atoms with Gasteiger partial charge in [-0.15, -0.1) is 11.6 Å². The SMILES string of the molecule is O=C(Nc1ccc(Br)cc1Cl)c1cccc(CCl)c1. The molecule has 0 atom stereocenters. The van der Waals surface area contributed by atoms with Crippen molar-refractivity contribution in [2.45, 2.75) is 5.88 Å². The highest BCUT2D eigenvalue weighted by molar-refractivity contribution is 9.10. The Kier molecular flexibility index (Phi) is 4.86. The smallest absolute Gasteiger partial charge is 0.255 e. The summed E-state index contributed by atoms with van der Waals surface area (Å²) in [5.74, 6) is 0.163. The van der Waals surface area contributed by atoms with Crippen LogP contribution >= 0.6 is 39.1 Å². The van der Waals surface area contributed by atoms with Crippen LogP contribution in [0.2, 0.25) is 5.02 Å². The summed E-state index contributed by atoms with van der Waals surface area (Å²) < 4.78 is 0.861. The lowest BCUT2D eigenvalue weighted by molar-refractivity contribution is 0.102. The molecule has 0 aliphatic rings. The maximum Gasteiger partial charge on any atom is 0.255 e. The van der Waals surface area contributed by atoms with Crippen LogP contribution in [0.5, 0.6) is 0 Å². The van der Waals surface area contributed by atoms with E-state index >= 15 is 0 Å². The summed E-state index contributed by atoms with van der Waals surface area (Å²) in [4.78, 5) is 12.1. The van der Waals surface area contributed by atoms with Crippen molar-refractivity contribution in [3.63, 3.8) is 0 Å². The fraction of sp³-hybridized carbons (Fsp3) is 0.0714. The molecule has 19 heavy (non-hydrogen) atoms. The number of rotatable bonds is 3. The summed E-state index contributed by atoms with van der Waals surface area (Å²) in [5, 5.41) is 3.25. The van der Waals surface area contributed by atoms with Gasteiger partial charge >= 0.3 is 0 Å². The van der Waals surface area contributed by atoms with E-state index in [9.17, 15) is 4.79 Å². The maximum atomic E-state index is 12.1. The monoisotopic (exact) mass is 357 g/mol. The molecule has 0 saturated heterocycles. The second-order valence-electron chi connectivity index (χ2n) is 3.91. The van der Waals surface area contributed by atoms with Crippen molar-refractivity contribution in [2.75, 3.05) is 5.32 Å². The fourth-order valence-electron chi connectivity index (χ4n) is 1.58. The molecule has 98 valence electrons. The van der Waals surface area contributed by atoms with Crippen molar-refractivity contribution in [2.24, 2.45) is 0 Å². The highest BCUT2D eigenvalue weighted by Crippen LogP contribution is 2.26. The van der Waals surface area contributed by atoms with Gasteiger partial charge in [-0.25, -0.2) is 0 Å². The summed E-state index contributed by atoms with van der Waals surface area (Å²) in [6.45, 7) is 0. The molecule has 1 N–H and O–H groups in total. The van der Waals surface area contributed by atoms with E-state index in [4.69, 9.17) is 23.2 Å². The van der Waals surface area contributed by atoms with Gasteiger partial charge in [-0.1, -0.05) is 39.7 Å². The highest BCUT2D eigenvalue weighted by atomic mass is 79.9. The second kappa shape index (κ2) is 6.42. The van der Waals surface area contributed by atoms with E-state index in [1.54, 1.807) is 30.3 Å². The lowest BCUT2D eigenvalue weighted by atomic mass is 10.1. The molecule has 0 spiro atoms. The third-order valence-corrected chi connectivity index (χ3v) is 3.64. The van der Waals surface area contributed by atoms with Crippen LogP contribution < -0.4 is 5.32 Å². The van der Waals surface area contributed by atoms with E-state index < -0.39 is 0 Å². The van der Waals surface area contributed by atoms with E-state index in [0.29, 0.717) is 22.2 Å². The first-order valence-electron chi connectivity index (χ1n) is 5.51. The van der Waals surface area contributed by atoms with Gasteiger partial charge in [0.05, 0.1) is 10.7 Å². The summed E-state index contributed by atoms with van der Waals surface area (Å²) >= 11 is 15.1. The van der Waals surface area contributed by atoms with Gasteiger partial charge in [0.15, 0.2) is 0 Å². The largest absolute Gasteiger partial charge is 0.321 e. The number of carbonyl (C=O) groups excluding carboxylic acids is 1. The van der Waals surface area contributed by atoms with Crippen molar-refractivity contribution < 1.29 is 4.79 Å². The number of alkyl halides is 1. The molecule has 0 radical (unpaired) electrons. The Morgan fingerprint density at radius 3 is 2.68 bits per heavy atom. The van der Waals surface area contributed by atoms with E-state index in [-0.39, 0.29) is 5.91 Å². The molecule has 2 aromatic carbocycles. The van der Waals surface area contributed by atoms with Crippen LogP contribution in [0.25, 0.3) is 0 Å². The normalized spacial score (nSPS) is 10.3. The molecule has 0 bridgehead atoms. The molecule has 2 rings (SSSR count). The van der Waals surface area contributed by atoms with Gasteiger partial charge in [0, 0.05) is 15.9 Å². The number of nitrogens with one attached hydrogen (secondary N) is 1. The van der Waals surface area contributed by atoms with Gasteiger partial charge in [0.1, 0.15) is 0 Å². The number of hydrogen-bond acceptors (Lipinski definition) is 1. The lowest BCUT2D eigenvalue weighted by Crippen LogP contribution is -2.12. The van der Waals surface area contributed by atoms with Gasteiger partial charge in [0.2, 0.25) is 0 Å². The van der Waals surface area contributed by atoms with Crippen molar-refractivity contribution in [1.82, 2.24) is 0 Å². The molecule has 0 aliphatic heterocycles. The zero-order valence-corrected chi connectivity index (χ0v) is 12.9. The summed E-state index contributed by atoms with van der Waals surface area (Å²) in [6.07, 6.45) is 0. The highest BCUT2D eigenvalue weighted by Gasteiger charge is 2.09. The molecule has 0 aliphatic carbocycles. The molecular formula is C14H10BrCl2NO. The maximum absolute atomic E-state index is 12.1. The first kappa shape index (κ1) is 14.4. The first-order chi connectivity index (χ1) is 9.10. The Bertz CT molecular complexity index is 616. The minimum absolute atomic E-state index is 0.212. The van der Waals surface area contributed by atoms with Crippen LogP contribution in [0.4, 0.5) is 5.69 Å². The molecule has 0 unspecified atom stereocenters. The van der Waals surface area contributed by atoms with Gasteiger partial charge < -0.3 is 5.32 Å². The minimum Gasteiger partial charge on any atom is -0.321 e. The molecule has 0 fully saturated rings. The number of halogens is 3. The Labute approximate surface area is 129 Å². The standard InChI is InChI=1S/C14H10BrCl2NO/c15-11-4-5-13(12(17)7-11)18-14(19)10-3-1-2-9(6-10)8-16/h1-7H,8H2,(H,18,19). The summed E-state index contributed by atoms with van der Waals surface area (Å²) in [7, 11) is 0. The summed E-state index contributed by atoms with van der Waals surface area (Å²) in [5.41, 5.74) is 2.03. The first-order valence-corrected chi connectivity index (χ1v) is 7.22. The molecule has 5 heteroatoms. The van der Waals surface area contributed by atoms with E-state index in [1.165, 1.54) is 0 Å². The van der Waals surface area contributed by atoms with Crippen LogP contribution in [0.15, 0.2) is 46.9 Å². The number of carbonyl (C=O) groups is 1. The zero-order chi connectivity index (χ0) is 13.8. The van der Waals surface area contributed by atoms with Crippen LogP contribution in [-0.4, -0.2) is 5.91 Å². The third kappa shape index (κ3) is 3.72. The Hall–Kier alpha value is -1.03. The van der Waals surface area contributed by atoms with Gasteiger partial charge in [-0.3, -0.25) is 4.79 Å². The number of amides is 1. The quantitative estimate of drug-likeness (QED) is 0.760. The van der Waals surface area contributed by atoms with Gasteiger partial charge in [0.25, 0.3) is 5.91 Å². The van der Waals surface area contributed by atoms with Crippen LogP contribution in [0, 0.1) is 0 Å². The number of anilines is 1. The van der Waals surface area contributed by atoms with E-state index in [1.807, 2.05) is 12.1 Å². The van der Waals surface area contributed by atoms with Crippen molar-refractivity contribution >= 4 is 50.7 Å². The van der Waals surface area contributed by atoms with E-state index in [2.05, 4.69) is 21.2 Å². The molecule has 0 aromatic heterocycles. The molecular weight excluding hydrogens is 349 g/mol. The second-order valence-corrected chi connectivity index (χ2v) is 5.50. The fourth-order valence-corrected chi connectivity index (χ4v) is 2.47. The average Bonchev–Trinajstić information content (AvgIpc) is 2.42. The van der Waals surface area contributed by atoms with Crippen LogP contribution in [0.3, 0.4) is 0 Å². The predicted octanol–water partition coefficient (Wildman–Crippen LogP) is 5.09. The Morgan fingerprint density at radius 2 is 2.00 bits per heavy atom. The number of hydrogen-bond donors (Lipinski definition) is 1. The Balaban J connectivity index is 2.20. The van der Waals surface area contributed by atoms with Gasteiger partial charge in [-0.2, -0.15) is 0 Å². The minimum atomic E-state index is -0.212. The zero-order valence-electron chi connectivity index (χ0n) is 9.79. The molecule has 1 amide bonds. The predicted molar refractivity (Wildman–Crippen MR) is 83.1 cm³/mol. The van der Waals surface area contributed by atoms with Crippen molar-refractivity contribution in [1.29, 1.82) is 0 Å². The van der Waals surface area contributed by atoms with E-state index in [0.717, 1.165) is 10.0 Å². The lowest BCUT2D eigenvalue weighted by Gasteiger charge is -2.08. The molecule has 0 heterocycles. The summed E-state index contributed by atoms with van der Waals surface area (Å²) in [6, 6.07) is 12.5. The van der Waals surface area contributed by atoms with Crippen LogP contribution in [-0.2, 0) is 5.88 Å². The topological polar surface area (TPSA) is 29.1 Å². The average molecular weight is 359 g/mol. The third-order valence-electron chi connectivity index (χ3n) is 2.52. The Morgan fingerprint density at radius 1 is 1.21 bits per heavy atom. The number of benzene rings is 2. The van der Waals surface area contributed by atoms with Crippen LogP contribution in [0.1, 0.15) is 15.9 Å².